The standard InChI is InChI=1S/C33H34/c1-19-9-13-27-28-14-10-20(2)18-32(28)33(31(27)17-19,29-15-11-21(3)23(5)25(29)7)30-16-12-22(4)24(6)26(30)8/h9-18H,1-8H3. The van der Waals surface area contributed by atoms with Gasteiger partial charge in [0.1, 0.15) is 0 Å². The summed E-state index contributed by atoms with van der Waals surface area (Å²) in [7, 11) is 0. The van der Waals surface area contributed by atoms with Crippen LogP contribution in [0.25, 0.3) is 11.1 Å². The molecule has 0 atom stereocenters. The molecule has 0 fully saturated rings. The summed E-state index contributed by atoms with van der Waals surface area (Å²) in [6, 6.07) is 23.5. The predicted molar refractivity (Wildman–Crippen MR) is 142 cm³/mol. The molecule has 5 rings (SSSR count). The number of aryl methyl sites for hydroxylation is 4. The van der Waals surface area contributed by atoms with Gasteiger partial charge in [0.25, 0.3) is 0 Å². The van der Waals surface area contributed by atoms with E-state index in [0.29, 0.717) is 0 Å². The van der Waals surface area contributed by atoms with Crippen LogP contribution in [-0.4, -0.2) is 0 Å². The van der Waals surface area contributed by atoms with Gasteiger partial charge in [0.2, 0.25) is 0 Å². The molecule has 0 N–H and O–H groups in total. The van der Waals surface area contributed by atoms with Crippen molar-refractivity contribution in [2.75, 3.05) is 0 Å². The molecule has 0 aliphatic heterocycles. The highest BCUT2D eigenvalue weighted by Crippen LogP contribution is 2.58. The Labute approximate surface area is 199 Å². The second-order valence-corrected chi connectivity index (χ2v) is 10.2. The Morgan fingerprint density at radius 1 is 0.394 bits per heavy atom. The zero-order valence-electron chi connectivity index (χ0n) is 21.3. The normalized spacial score (nSPS) is 13.7. The molecule has 1 aliphatic carbocycles. The van der Waals surface area contributed by atoms with Gasteiger partial charge < -0.3 is 0 Å². The van der Waals surface area contributed by atoms with E-state index in [0.717, 1.165) is 0 Å². The van der Waals surface area contributed by atoms with Crippen molar-refractivity contribution in [2.45, 2.75) is 60.8 Å². The molecule has 0 spiro atoms. The fourth-order valence-corrected chi connectivity index (χ4v) is 6.00. The fourth-order valence-electron chi connectivity index (χ4n) is 6.00. The molecule has 0 heteroatoms. The lowest BCUT2D eigenvalue weighted by molar-refractivity contribution is 0.747. The van der Waals surface area contributed by atoms with Gasteiger partial charge in [-0.2, -0.15) is 0 Å². The smallest absolute Gasteiger partial charge is 0.0587 e. The summed E-state index contributed by atoms with van der Waals surface area (Å²) in [4.78, 5) is 0. The summed E-state index contributed by atoms with van der Waals surface area (Å²) in [6.07, 6.45) is 0. The first kappa shape index (κ1) is 21.7. The molecule has 166 valence electrons. The second kappa shape index (κ2) is 7.45. The lowest BCUT2D eigenvalue weighted by Gasteiger charge is -2.38. The average Bonchev–Trinajstić information content (AvgIpc) is 3.05. The van der Waals surface area contributed by atoms with E-state index in [2.05, 4.69) is 116 Å². The molecule has 4 aromatic carbocycles. The molecule has 1 aliphatic rings. The molecule has 0 radical (unpaired) electrons. The van der Waals surface area contributed by atoms with E-state index in [4.69, 9.17) is 0 Å². The van der Waals surface area contributed by atoms with E-state index in [1.807, 2.05) is 0 Å². The van der Waals surface area contributed by atoms with Crippen LogP contribution < -0.4 is 0 Å². The lowest BCUT2D eigenvalue weighted by Crippen LogP contribution is -2.31. The molecular formula is C33H34. The first-order valence-electron chi connectivity index (χ1n) is 12.0. The molecule has 0 saturated heterocycles. The van der Waals surface area contributed by atoms with Crippen molar-refractivity contribution < 1.29 is 0 Å². The maximum absolute atomic E-state index is 2.44. The Hall–Kier alpha value is -3.12. The van der Waals surface area contributed by atoms with Gasteiger partial charge in [0.15, 0.2) is 0 Å². The highest BCUT2D eigenvalue weighted by molar-refractivity contribution is 5.87. The Bertz CT molecular complexity index is 1320. The highest BCUT2D eigenvalue weighted by Gasteiger charge is 2.48. The van der Waals surface area contributed by atoms with E-state index in [-0.39, 0.29) is 5.41 Å². The van der Waals surface area contributed by atoms with Gasteiger partial charge >= 0.3 is 0 Å². The van der Waals surface area contributed by atoms with Crippen LogP contribution in [0.2, 0.25) is 0 Å². The van der Waals surface area contributed by atoms with Crippen molar-refractivity contribution in [1.82, 2.24) is 0 Å². The minimum Gasteiger partial charge on any atom is -0.0587 e. The predicted octanol–water partition coefficient (Wildman–Crippen LogP) is 8.52. The number of fused-ring (bicyclic) bond motifs is 3. The Kier molecular flexibility index (Phi) is 4.90. The van der Waals surface area contributed by atoms with E-state index in [9.17, 15) is 0 Å². The van der Waals surface area contributed by atoms with Gasteiger partial charge in [-0.15, -0.1) is 0 Å². The largest absolute Gasteiger partial charge is 0.0719 e. The van der Waals surface area contributed by atoms with Crippen LogP contribution in [0.5, 0.6) is 0 Å². The SMILES string of the molecule is Cc1ccc2c(c1)C(c1ccc(C)c(C)c1C)(c1ccc(C)c(C)c1C)c1cc(C)ccc1-2. The molecular weight excluding hydrogens is 396 g/mol. The molecule has 0 nitrogen and oxygen atoms in total. The first-order chi connectivity index (χ1) is 15.7. The average molecular weight is 431 g/mol. The number of benzene rings is 4. The quantitative estimate of drug-likeness (QED) is 0.263. The van der Waals surface area contributed by atoms with E-state index in [1.165, 1.54) is 77.9 Å². The van der Waals surface area contributed by atoms with Gasteiger partial charge in [0.05, 0.1) is 5.41 Å². The van der Waals surface area contributed by atoms with Crippen LogP contribution in [0.3, 0.4) is 0 Å². The van der Waals surface area contributed by atoms with E-state index >= 15 is 0 Å². The molecule has 0 unspecified atom stereocenters. The maximum Gasteiger partial charge on any atom is 0.0719 e. The number of rotatable bonds is 2. The minimum absolute atomic E-state index is 0.326. The molecule has 0 saturated carbocycles. The van der Waals surface area contributed by atoms with Crippen molar-refractivity contribution >= 4 is 0 Å². The third kappa shape index (κ3) is 2.90. The monoisotopic (exact) mass is 430 g/mol. The molecule has 0 aromatic heterocycles. The Morgan fingerprint density at radius 2 is 0.788 bits per heavy atom. The van der Waals surface area contributed by atoms with Crippen molar-refractivity contribution in [2.24, 2.45) is 0 Å². The zero-order chi connectivity index (χ0) is 23.7. The van der Waals surface area contributed by atoms with Crippen LogP contribution in [0.4, 0.5) is 0 Å². The highest BCUT2D eigenvalue weighted by atomic mass is 14.5. The van der Waals surface area contributed by atoms with E-state index < -0.39 is 0 Å². The topological polar surface area (TPSA) is 0 Å². The summed E-state index contributed by atoms with van der Waals surface area (Å²) in [5, 5.41) is 0. The Morgan fingerprint density at radius 3 is 1.18 bits per heavy atom. The van der Waals surface area contributed by atoms with Crippen LogP contribution >= 0.6 is 0 Å². The van der Waals surface area contributed by atoms with Crippen molar-refractivity contribution in [3.05, 3.63) is 127 Å². The molecule has 33 heavy (non-hydrogen) atoms. The van der Waals surface area contributed by atoms with Crippen LogP contribution in [0.15, 0.2) is 60.7 Å². The second-order valence-electron chi connectivity index (χ2n) is 10.2. The van der Waals surface area contributed by atoms with Crippen molar-refractivity contribution in [3.8, 4) is 11.1 Å². The van der Waals surface area contributed by atoms with Gasteiger partial charge in [0, 0.05) is 0 Å². The summed E-state index contributed by atoms with van der Waals surface area (Å²) in [5.74, 6) is 0. The first-order valence-corrected chi connectivity index (χ1v) is 12.0. The van der Waals surface area contributed by atoms with Gasteiger partial charge in [-0.25, -0.2) is 0 Å². The maximum atomic E-state index is 2.44. The summed E-state index contributed by atoms with van der Waals surface area (Å²) < 4.78 is 0. The van der Waals surface area contributed by atoms with Gasteiger partial charge in [-0.05, 0) is 122 Å². The zero-order valence-corrected chi connectivity index (χ0v) is 21.3. The van der Waals surface area contributed by atoms with Gasteiger partial charge in [-0.3, -0.25) is 0 Å². The summed E-state index contributed by atoms with van der Waals surface area (Å²) >= 11 is 0. The lowest BCUT2D eigenvalue weighted by atomic mass is 9.64. The Balaban J connectivity index is 2.06. The molecule has 0 amide bonds. The third-order valence-electron chi connectivity index (χ3n) is 8.37. The van der Waals surface area contributed by atoms with Crippen molar-refractivity contribution in [3.63, 3.8) is 0 Å². The molecule has 4 aromatic rings. The summed E-state index contributed by atoms with van der Waals surface area (Å²) in [6.45, 7) is 18.1. The van der Waals surface area contributed by atoms with Gasteiger partial charge in [-0.1, -0.05) is 71.8 Å². The van der Waals surface area contributed by atoms with E-state index in [1.54, 1.807) is 0 Å². The fraction of sp³-hybridized carbons (Fsp3) is 0.273. The van der Waals surface area contributed by atoms with Crippen molar-refractivity contribution in [1.29, 1.82) is 0 Å². The molecule has 0 bridgehead atoms. The van der Waals surface area contributed by atoms with Crippen LogP contribution in [0.1, 0.15) is 66.8 Å². The number of hydrogen-bond acceptors (Lipinski definition) is 0. The number of hydrogen-bond donors (Lipinski definition) is 0. The molecule has 0 heterocycles. The minimum atomic E-state index is -0.326. The summed E-state index contributed by atoms with van der Waals surface area (Å²) in [5.41, 5.74) is 19.0. The third-order valence-corrected chi connectivity index (χ3v) is 8.37. The van der Waals surface area contributed by atoms with Crippen LogP contribution in [0, 0.1) is 55.4 Å². The van der Waals surface area contributed by atoms with Crippen LogP contribution in [-0.2, 0) is 5.41 Å².